The Balaban J connectivity index is 0.00000151. The van der Waals surface area contributed by atoms with Gasteiger partial charge in [0.25, 0.3) is 5.91 Å². The number of carbonyl (C=O) groups excluding carboxylic acids is 1. The summed E-state index contributed by atoms with van der Waals surface area (Å²) in [6.45, 7) is 7.75. The van der Waals surface area contributed by atoms with Crippen molar-refractivity contribution in [3.8, 4) is 5.75 Å². The third kappa shape index (κ3) is 6.55. The van der Waals surface area contributed by atoms with E-state index in [1.54, 1.807) is 13.2 Å². The molecule has 0 spiro atoms. The molecule has 0 fully saturated rings. The maximum atomic E-state index is 12.3. The van der Waals surface area contributed by atoms with Crippen molar-refractivity contribution in [1.29, 1.82) is 0 Å². The minimum Gasteiger partial charge on any atom is -0.497 e. The first-order chi connectivity index (χ1) is 12.1. The van der Waals surface area contributed by atoms with Crippen LogP contribution in [0.5, 0.6) is 5.75 Å². The van der Waals surface area contributed by atoms with Crippen molar-refractivity contribution < 1.29 is 9.53 Å². The Bertz CT molecular complexity index is 714. The molecule has 0 saturated carbocycles. The van der Waals surface area contributed by atoms with E-state index in [4.69, 9.17) is 4.74 Å². The van der Waals surface area contributed by atoms with Gasteiger partial charge in [0, 0.05) is 10.6 Å². The number of anilines is 1. The summed E-state index contributed by atoms with van der Waals surface area (Å²) in [5.74, 6) is 0.668. The van der Waals surface area contributed by atoms with Crippen LogP contribution in [0.25, 0.3) is 0 Å². The summed E-state index contributed by atoms with van der Waals surface area (Å²) in [5.41, 5.74) is 2.19. The predicted octanol–water partition coefficient (Wildman–Crippen LogP) is 5.49. The molecule has 134 valence electrons. The van der Waals surface area contributed by atoms with Crippen molar-refractivity contribution >= 4 is 23.5 Å². The van der Waals surface area contributed by atoms with Crippen LogP contribution >= 0.6 is 11.9 Å². The van der Waals surface area contributed by atoms with Crippen molar-refractivity contribution in [2.24, 2.45) is 0 Å². The number of allylic oxidation sites excluding steroid dienone is 2. The van der Waals surface area contributed by atoms with E-state index in [1.807, 2.05) is 76.2 Å². The molecule has 0 atom stereocenters. The topological polar surface area (TPSA) is 50.4 Å². The van der Waals surface area contributed by atoms with E-state index < -0.39 is 0 Å². The Morgan fingerprint density at radius 3 is 2.52 bits per heavy atom. The maximum absolute atomic E-state index is 12.3. The van der Waals surface area contributed by atoms with Gasteiger partial charge in [-0.2, -0.15) is 0 Å². The van der Waals surface area contributed by atoms with Gasteiger partial charge in [0.05, 0.1) is 18.4 Å². The molecule has 2 aromatic rings. The second kappa shape index (κ2) is 11.2. The van der Waals surface area contributed by atoms with Gasteiger partial charge in [-0.05, 0) is 56.1 Å². The quantitative estimate of drug-likeness (QED) is 0.670. The monoisotopic (exact) mass is 358 g/mol. The van der Waals surface area contributed by atoms with E-state index in [-0.39, 0.29) is 5.91 Å². The minimum atomic E-state index is -0.130. The Morgan fingerprint density at radius 2 is 1.84 bits per heavy atom. The van der Waals surface area contributed by atoms with E-state index in [0.29, 0.717) is 5.56 Å². The highest BCUT2D eigenvalue weighted by molar-refractivity contribution is 8.00. The number of methoxy groups -OCH3 is 1. The Hall–Kier alpha value is -2.40. The molecule has 2 N–H and O–H groups in total. The molecule has 0 bridgehead atoms. The molecule has 25 heavy (non-hydrogen) atoms. The molecule has 1 amide bonds. The zero-order valence-corrected chi connectivity index (χ0v) is 16.2. The number of amides is 1. The average molecular weight is 359 g/mol. The Labute approximate surface area is 154 Å². The molecule has 2 aromatic carbocycles. The largest absolute Gasteiger partial charge is 0.497 e. The number of ether oxygens (including phenoxy) is 1. The summed E-state index contributed by atoms with van der Waals surface area (Å²) in [6, 6.07) is 15.2. The highest BCUT2D eigenvalue weighted by Gasteiger charge is 2.11. The number of hydrogen-bond donors (Lipinski definition) is 2. The van der Waals surface area contributed by atoms with Crippen molar-refractivity contribution in [3.63, 3.8) is 0 Å². The van der Waals surface area contributed by atoms with Gasteiger partial charge in [-0.3, -0.25) is 4.79 Å². The molecule has 0 unspecified atom stereocenters. The maximum Gasteiger partial charge on any atom is 0.257 e. The van der Waals surface area contributed by atoms with Crippen molar-refractivity contribution in [3.05, 3.63) is 65.9 Å². The lowest BCUT2D eigenvalue weighted by atomic mass is 10.1. The van der Waals surface area contributed by atoms with Crippen LogP contribution in [0.1, 0.15) is 38.1 Å². The summed E-state index contributed by atoms with van der Waals surface area (Å²) >= 11 is 1.43. The van der Waals surface area contributed by atoms with Crippen molar-refractivity contribution in [2.45, 2.75) is 32.6 Å². The molecular weight excluding hydrogens is 332 g/mol. The van der Waals surface area contributed by atoms with Gasteiger partial charge in [-0.1, -0.05) is 38.1 Å². The second-order valence-electron chi connectivity index (χ2n) is 4.85. The second-order valence-corrected chi connectivity index (χ2v) is 5.73. The molecule has 0 heterocycles. The SMILES string of the molecule is C/C=C(\C)NC(=O)c1ccccc1NSc1cccc(OC)c1.CC. The molecule has 2 rings (SSSR count). The van der Waals surface area contributed by atoms with Gasteiger partial charge >= 0.3 is 0 Å². The molecule has 0 aliphatic heterocycles. The lowest BCUT2D eigenvalue weighted by Gasteiger charge is -2.12. The zero-order valence-electron chi connectivity index (χ0n) is 15.4. The lowest BCUT2D eigenvalue weighted by molar-refractivity contribution is 0.0967. The number of hydrogen-bond acceptors (Lipinski definition) is 4. The van der Waals surface area contributed by atoms with Gasteiger partial charge in [0.1, 0.15) is 5.75 Å². The first kappa shape index (κ1) is 20.6. The first-order valence-electron chi connectivity index (χ1n) is 8.24. The highest BCUT2D eigenvalue weighted by Crippen LogP contribution is 2.26. The van der Waals surface area contributed by atoms with Crippen LogP contribution in [0.3, 0.4) is 0 Å². The van der Waals surface area contributed by atoms with Crippen LogP contribution in [-0.2, 0) is 0 Å². The summed E-state index contributed by atoms with van der Waals surface area (Å²) in [7, 11) is 1.64. The standard InChI is InChI=1S/C18H20N2O2S.C2H6/c1-4-13(2)19-18(21)16-10-5-6-11-17(16)20-23-15-9-7-8-14(12-15)22-3;1-2/h4-12,20H,1-3H3,(H,19,21);1-2H3/b13-4+;. The molecule has 0 aliphatic rings. The van der Waals surface area contributed by atoms with E-state index in [2.05, 4.69) is 10.0 Å². The number of para-hydroxylation sites is 1. The van der Waals surface area contributed by atoms with E-state index in [9.17, 15) is 4.79 Å². The van der Waals surface area contributed by atoms with Gasteiger partial charge in [0.15, 0.2) is 0 Å². The van der Waals surface area contributed by atoms with E-state index in [0.717, 1.165) is 22.0 Å². The van der Waals surface area contributed by atoms with Gasteiger partial charge in [-0.25, -0.2) is 0 Å². The summed E-state index contributed by atoms with van der Waals surface area (Å²) in [5, 5.41) is 2.86. The van der Waals surface area contributed by atoms with Crippen LogP contribution in [0.4, 0.5) is 5.69 Å². The number of rotatable bonds is 6. The fourth-order valence-corrected chi connectivity index (χ4v) is 2.59. The fraction of sp³-hybridized carbons (Fsp3) is 0.250. The molecule has 0 aromatic heterocycles. The summed E-state index contributed by atoms with van der Waals surface area (Å²) in [6.07, 6.45) is 1.86. The zero-order chi connectivity index (χ0) is 18.7. The third-order valence-electron chi connectivity index (χ3n) is 3.24. The fourth-order valence-electron chi connectivity index (χ4n) is 1.87. The van der Waals surface area contributed by atoms with Gasteiger partial charge < -0.3 is 14.8 Å². The third-order valence-corrected chi connectivity index (χ3v) is 4.05. The van der Waals surface area contributed by atoms with Crippen molar-refractivity contribution in [1.82, 2.24) is 5.32 Å². The molecular formula is C20H26N2O2S. The number of benzene rings is 2. The van der Waals surface area contributed by atoms with E-state index in [1.165, 1.54) is 11.9 Å². The van der Waals surface area contributed by atoms with Gasteiger partial charge in [-0.15, -0.1) is 0 Å². The molecule has 0 radical (unpaired) electrons. The summed E-state index contributed by atoms with van der Waals surface area (Å²) in [4.78, 5) is 13.3. The minimum absolute atomic E-state index is 0.130. The molecule has 0 aliphatic carbocycles. The van der Waals surface area contributed by atoms with E-state index >= 15 is 0 Å². The van der Waals surface area contributed by atoms with Crippen LogP contribution in [-0.4, -0.2) is 13.0 Å². The van der Waals surface area contributed by atoms with Gasteiger partial charge in [0.2, 0.25) is 0 Å². The first-order valence-corrected chi connectivity index (χ1v) is 9.06. The Morgan fingerprint density at radius 1 is 1.12 bits per heavy atom. The number of carbonyl (C=O) groups is 1. The molecule has 0 saturated heterocycles. The van der Waals surface area contributed by atoms with Crippen LogP contribution in [0.2, 0.25) is 0 Å². The summed E-state index contributed by atoms with van der Waals surface area (Å²) < 4.78 is 8.45. The van der Waals surface area contributed by atoms with Crippen LogP contribution in [0.15, 0.2) is 65.2 Å². The smallest absolute Gasteiger partial charge is 0.257 e. The molecule has 5 heteroatoms. The highest BCUT2D eigenvalue weighted by atomic mass is 32.2. The van der Waals surface area contributed by atoms with Crippen LogP contribution in [0, 0.1) is 0 Å². The normalized spacial score (nSPS) is 10.4. The average Bonchev–Trinajstić information content (AvgIpc) is 2.68. The molecule has 4 nitrogen and oxygen atoms in total. The van der Waals surface area contributed by atoms with Crippen LogP contribution < -0.4 is 14.8 Å². The predicted molar refractivity (Wildman–Crippen MR) is 107 cm³/mol. The van der Waals surface area contributed by atoms with Crippen molar-refractivity contribution in [2.75, 3.05) is 11.8 Å². The lowest BCUT2D eigenvalue weighted by Crippen LogP contribution is -2.22. The Kier molecular flexibility index (Phi) is 9.25. The number of nitrogens with one attached hydrogen (secondary N) is 2.